The Morgan fingerprint density at radius 3 is 2.27 bits per heavy atom. The molecule has 1 atom stereocenters. The highest BCUT2D eigenvalue weighted by atomic mass is 16.6. The summed E-state index contributed by atoms with van der Waals surface area (Å²) in [7, 11) is 3.52. The lowest BCUT2D eigenvalue weighted by Crippen LogP contribution is -2.62. The molecule has 11 heteroatoms. The van der Waals surface area contributed by atoms with Gasteiger partial charge < -0.3 is 29.5 Å². The van der Waals surface area contributed by atoms with Crippen LogP contribution in [0.2, 0.25) is 0 Å². The van der Waals surface area contributed by atoms with Gasteiger partial charge in [-0.2, -0.15) is 0 Å². The molecule has 0 aromatic rings. The van der Waals surface area contributed by atoms with Crippen LogP contribution >= 0.6 is 0 Å². The molecule has 11 nitrogen and oxygen atoms in total. The number of hydrazine groups is 1. The largest absolute Gasteiger partial charge is 0.444 e. The fraction of sp³-hybridized carbons (Fsp3) is 0.773. The second kappa shape index (κ2) is 9.38. The summed E-state index contributed by atoms with van der Waals surface area (Å²) in [5, 5.41) is 6.53. The van der Waals surface area contributed by atoms with Crippen molar-refractivity contribution in [2.24, 2.45) is 5.41 Å². The van der Waals surface area contributed by atoms with Gasteiger partial charge in [0.25, 0.3) is 5.91 Å². The van der Waals surface area contributed by atoms with Crippen LogP contribution in [-0.2, 0) is 19.1 Å². The molecule has 0 aromatic carbocycles. The molecular weight excluding hydrogens is 428 g/mol. The number of hydrogen-bond acceptors (Lipinski definition) is 8. The minimum absolute atomic E-state index is 0.00942. The smallest absolute Gasteiger partial charge is 0.408 e. The average molecular weight is 467 g/mol. The van der Waals surface area contributed by atoms with E-state index in [1.807, 2.05) is 41.9 Å². The third kappa shape index (κ3) is 5.70. The van der Waals surface area contributed by atoms with Crippen molar-refractivity contribution in [3.05, 3.63) is 11.9 Å². The zero-order chi connectivity index (χ0) is 24.6. The van der Waals surface area contributed by atoms with Crippen molar-refractivity contribution >= 4 is 17.9 Å². The van der Waals surface area contributed by atoms with Gasteiger partial charge in [-0.1, -0.05) is 13.8 Å². The van der Waals surface area contributed by atoms with Crippen molar-refractivity contribution in [1.29, 1.82) is 0 Å². The molecule has 186 valence electrons. The molecule has 33 heavy (non-hydrogen) atoms. The molecule has 0 saturated carbocycles. The van der Waals surface area contributed by atoms with Crippen LogP contribution in [-0.4, -0.2) is 115 Å². The molecule has 1 unspecified atom stereocenters. The van der Waals surface area contributed by atoms with Gasteiger partial charge in [-0.05, 0) is 20.8 Å². The molecule has 3 aliphatic heterocycles. The Bertz CT molecular complexity index is 800. The van der Waals surface area contributed by atoms with Crippen molar-refractivity contribution in [2.45, 2.75) is 46.3 Å². The van der Waals surface area contributed by atoms with Gasteiger partial charge in [0.05, 0.1) is 13.3 Å². The summed E-state index contributed by atoms with van der Waals surface area (Å²) in [5.74, 6) is -0.190. The summed E-state index contributed by atoms with van der Waals surface area (Å²) in [5.41, 5.74) is -0.609. The maximum absolute atomic E-state index is 13.5. The molecule has 2 saturated heterocycles. The second-order valence-electron chi connectivity index (χ2n) is 10.6. The number of alkyl carbamates (subject to hydrolysis) is 1. The Balaban J connectivity index is 1.64. The van der Waals surface area contributed by atoms with Gasteiger partial charge in [0.15, 0.2) is 0 Å². The lowest BCUT2D eigenvalue weighted by Gasteiger charge is -2.42. The fourth-order valence-corrected chi connectivity index (χ4v) is 4.38. The Morgan fingerprint density at radius 1 is 1.09 bits per heavy atom. The van der Waals surface area contributed by atoms with E-state index in [4.69, 9.17) is 9.47 Å². The minimum atomic E-state index is -0.807. The molecule has 0 aliphatic carbocycles. The number of ether oxygens (including phenoxy) is 2. The molecule has 0 bridgehead atoms. The zero-order valence-electron chi connectivity index (χ0n) is 20.9. The molecule has 2 fully saturated rings. The van der Waals surface area contributed by atoms with Crippen LogP contribution < -0.4 is 5.32 Å². The van der Waals surface area contributed by atoms with Gasteiger partial charge in [-0.3, -0.25) is 9.59 Å². The zero-order valence-corrected chi connectivity index (χ0v) is 20.9. The molecule has 3 heterocycles. The van der Waals surface area contributed by atoms with Crippen LogP contribution in [0, 0.1) is 5.41 Å². The van der Waals surface area contributed by atoms with E-state index in [9.17, 15) is 14.4 Å². The molecule has 0 radical (unpaired) electrons. The van der Waals surface area contributed by atoms with Crippen molar-refractivity contribution in [3.8, 4) is 0 Å². The van der Waals surface area contributed by atoms with E-state index >= 15 is 0 Å². The lowest BCUT2D eigenvalue weighted by molar-refractivity contribution is -0.150. The Labute approximate surface area is 196 Å². The van der Waals surface area contributed by atoms with Gasteiger partial charge in [0, 0.05) is 52.0 Å². The number of carbonyl (C=O) groups excluding carboxylic acids is 3. The number of fused-ring (bicyclic) bond motifs is 1. The molecule has 3 aliphatic rings. The average Bonchev–Trinajstić information content (AvgIpc) is 3.21. The van der Waals surface area contributed by atoms with Crippen LogP contribution in [0.15, 0.2) is 11.9 Å². The number of piperazine rings is 1. The third-order valence-electron chi connectivity index (χ3n) is 5.95. The van der Waals surface area contributed by atoms with E-state index in [1.54, 1.807) is 37.8 Å². The number of hydrogen-bond donors (Lipinski definition) is 1. The van der Waals surface area contributed by atoms with E-state index in [2.05, 4.69) is 5.32 Å². The van der Waals surface area contributed by atoms with Crippen LogP contribution in [0.3, 0.4) is 0 Å². The predicted octanol–water partition coefficient (Wildman–Crippen LogP) is 0.458. The molecule has 0 aromatic heterocycles. The van der Waals surface area contributed by atoms with E-state index in [0.717, 1.165) is 0 Å². The SMILES string of the molecule is COCC(C)(C)C(NC(=O)OC(C)(C)C)C(=O)N1CCN(N2CN3CN(C)C=C3C2=O)CC1. The highest BCUT2D eigenvalue weighted by molar-refractivity contribution is 5.94. The molecule has 1 N–H and O–H groups in total. The van der Waals surface area contributed by atoms with E-state index in [1.165, 1.54) is 0 Å². The summed E-state index contributed by atoms with van der Waals surface area (Å²) >= 11 is 0. The third-order valence-corrected chi connectivity index (χ3v) is 5.95. The first kappa shape index (κ1) is 25.1. The monoisotopic (exact) mass is 466 g/mol. The summed E-state index contributed by atoms with van der Waals surface area (Å²) in [6.07, 6.45) is 1.23. The van der Waals surface area contributed by atoms with Crippen molar-refractivity contribution in [3.63, 3.8) is 0 Å². The van der Waals surface area contributed by atoms with Gasteiger partial charge in [-0.25, -0.2) is 14.8 Å². The molecule has 0 spiro atoms. The summed E-state index contributed by atoms with van der Waals surface area (Å²) in [6.45, 7) is 12.6. The standard InChI is InChI=1S/C22H38N6O5/c1-21(2,3)33-20(31)23-17(22(4,5)13-32-7)19(30)25-8-10-27(11-9-25)28-15-26-14-24(6)12-16(26)18(28)29/h12,17H,8-11,13-15H2,1-7H3,(H,23,31). The fourth-order valence-electron chi connectivity index (χ4n) is 4.38. The van der Waals surface area contributed by atoms with Crippen molar-refractivity contribution in [1.82, 2.24) is 30.0 Å². The van der Waals surface area contributed by atoms with E-state index in [-0.39, 0.29) is 11.8 Å². The number of carbonyl (C=O) groups is 3. The quantitative estimate of drug-likeness (QED) is 0.603. The number of nitrogens with one attached hydrogen (secondary N) is 1. The highest BCUT2D eigenvalue weighted by Gasteiger charge is 2.43. The summed E-state index contributed by atoms with van der Waals surface area (Å²) in [4.78, 5) is 44.5. The van der Waals surface area contributed by atoms with Gasteiger partial charge in [0.2, 0.25) is 5.91 Å². The maximum atomic E-state index is 13.5. The van der Waals surface area contributed by atoms with Crippen LogP contribution in [0.4, 0.5) is 4.79 Å². The Hall–Kier alpha value is -2.53. The van der Waals surface area contributed by atoms with Gasteiger partial charge in [-0.15, -0.1) is 0 Å². The predicted molar refractivity (Wildman–Crippen MR) is 121 cm³/mol. The first-order valence-corrected chi connectivity index (χ1v) is 11.3. The number of methoxy groups -OCH3 is 1. The maximum Gasteiger partial charge on any atom is 0.408 e. The Morgan fingerprint density at radius 2 is 1.73 bits per heavy atom. The van der Waals surface area contributed by atoms with Crippen LogP contribution in [0.1, 0.15) is 34.6 Å². The first-order valence-electron chi connectivity index (χ1n) is 11.3. The summed E-state index contributed by atoms with van der Waals surface area (Å²) in [6, 6.07) is -0.807. The van der Waals surface area contributed by atoms with Crippen molar-refractivity contribution < 1.29 is 23.9 Å². The normalized spacial score (nSPS) is 20.7. The van der Waals surface area contributed by atoms with E-state index < -0.39 is 23.2 Å². The number of nitrogens with zero attached hydrogens (tertiary/aromatic N) is 5. The summed E-state index contributed by atoms with van der Waals surface area (Å²) < 4.78 is 10.7. The van der Waals surface area contributed by atoms with Crippen molar-refractivity contribution in [2.75, 3.05) is 60.3 Å². The molecule has 3 rings (SSSR count). The Kier molecular flexibility index (Phi) is 7.13. The van der Waals surface area contributed by atoms with Gasteiger partial charge in [0.1, 0.15) is 24.0 Å². The lowest BCUT2D eigenvalue weighted by atomic mass is 9.84. The molecular formula is C22H38N6O5. The topological polar surface area (TPSA) is 97.9 Å². The van der Waals surface area contributed by atoms with Crippen LogP contribution in [0.25, 0.3) is 0 Å². The highest BCUT2D eigenvalue weighted by Crippen LogP contribution is 2.27. The number of rotatable bonds is 6. The minimum Gasteiger partial charge on any atom is -0.444 e. The molecule has 3 amide bonds. The first-order chi connectivity index (χ1) is 15.3. The van der Waals surface area contributed by atoms with Gasteiger partial charge >= 0.3 is 6.09 Å². The second-order valence-corrected chi connectivity index (χ2v) is 10.6. The van der Waals surface area contributed by atoms with Crippen LogP contribution in [0.5, 0.6) is 0 Å². The number of amides is 3. The van der Waals surface area contributed by atoms with E-state index in [0.29, 0.717) is 51.8 Å².